The number of anilines is 2. The molecule has 3 rings (SSSR count). The summed E-state index contributed by atoms with van der Waals surface area (Å²) in [7, 11) is -3.62. The number of rotatable bonds is 6. The van der Waals surface area contributed by atoms with Crippen LogP contribution in [0.2, 0.25) is 0 Å². The molecule has 1 saturated heterocycles. The van der Waals surface area contributed by atoms with Crippen molar-refractivity contribution in [3.63, 3.8) is 0 Å². The van der Waals surface area contributed by atoms with E-state index in [1.54, 1.807) is 37.3 Å². The van der Waals surface area contributed by atoms with Crippen molar-refractivity contribution in [2.75, 3.05) is 30.3 Å². The number of amides is 1. The molecule has 1 heterocycles. The van der Waals surface area contributed by atoms with Crippen LogP contribution < -0.4 is 10.6 Å². The molecule has 2 N–H and O–H groups in total. The minimum atomic E-state index is -3.62. The van der Waals surface area contributed by atoms with Crippen LogP contribution in [0.3, 0.4) is 0 Å². The van der Waals surface area contributed by atoms with Crippen molar-refractivity contribution in [3.05, 3.63) is 53.8 Å². The molecule has 0 aromatic heterocycles. The summed E-state index contributed by atoms with van der Waals surface area (Å²) in [6.45, 7) is 2.65. The van der Waals surface area contributed by atoms with Crippen LogP contribution in [0.15, 0.2) is 47.4 Å². The van der Waals surface area contributed by atoms with Gasteiger partial charge in [-0.3, -0.25) is 4.79 Å². The van der Waals surface area contributed by atoms with Crippen LogP contribution in [0.25, 0.3) is 0 Å². The predicted molar refractivity (Wildman–Crippen MR) is 112 cm³/mol. The van der Waals surface area contributed by atoms with E-state index < -0.39 is 21.7 Å². The van der Waals surface area contributed by atoms with Crippen molar-refractivity contribution < 1.29 is 17.6 Å². The molecule has 156 valence electrons. The van der Waals surface area contributed by atoms with Gasteiger partial charge in [-0.2, -0.15) is 4.31 Å². The highest BCUT2D eigenvalue weighted by Crippen LogP contribution is 2.26. The molecule has 2 aromatic carbocycles. The first kappa shape index (κ1) is 21.3. The molecule has 0 bridgehead atoms. The summed E-state index contributed by atoms with van der Waals surface area (Å²) in [4.78, 5) is 12.4. The Bertz CT molecular complexity index is 971. The lowest BCUT2D eigenvalue weighted by molar-refractivity contribution is -0.114. The largest absolute Gasteiger partial charge is 0.374 e. The Labute approximate surface area is 171 Å². The maximum absolute atomic E-state index is 13.6. The van der Waals surface area contributed by atoms with E-state index in [1.807, 2.05) is 0 Å². The number of hydrogen-bond donors (Lipinski definition) is 2. The molecule has 0 atom stereocenters. The second-order valence-electron chi connectivity index (χ2n) is 7.18. The minimum absolute atomic E-state index is 0.136. The highest BCUT2D eigenvalue weighted by molar-refractivity contribution is 7.89. The molecule has 1 aliphatic heterocycles. The number of nitrogens with zero attached hydrogens (tertiary/aromatic N) is 1. The van der Waals surface area contributed by atoms with Gasteiger partial charge in [-0.05, 0) is 49.6 Å². The van der Waals surface area contributed by atoms with E-state index in [9.17, 15) is 17.6 Å². The number of hydrogen-bond acceptors (Lipinski definition) is 4. The lowest BCUT2D eigenvalue weighted by atomic mass is 10.2. The number of para-hydroxylation sites is 1. The number of halogens is 1. The van der Waals surface area contributed by atoms with Gasteiger partial charge in [-0.25, -0.2) is 12.8 Å². The molecule has 0 spiro atoms. The highest BCUT2D eigenvalue weighted by atomic mass is 32.2. The molecular formula is C21H26FN3O3S. The third-order valence-electron chi connectivity index (χ3n) is 4.97. The van der Waals surface area contributed by atoms with Gasteiger partial charge in [0.25, 0.3) is 0 Å². The summed E-state index contributed by atoms with van der Waals surface area (Å²) in [5.41, 5.74) is 1.26. The van der Waals surface area contributed by atoms with Crippen LogP contribution in [0.1, 0.15) is 31.2 Å². The SMILES string of the molecule is Cc1ccc(NC(=O)CNc2ccccc2F)cc1S(=O)(=O)N1CCCCCC1. The molecule has 6 nitrogen and oxygen atoms in total. The number of benzene rings is 2. The summed E-state index contributed by atoms with van der Waals surface area (Å²) in [5.74, 6) is -0.836. The van der Waals surface area contributed by atoms with Crippen LogP contribution in [0, 0.1) is 12.7 Å². The van der Waals surface area contributed by atoms with Crippen molar-refractivity contribution in [3.8, 4) is 0 Å². The van der Waals surface area contributed by atoms with Gasteiger partial charge in [0.15, 0.2) is 0 Å². The summed E-state index contributed by atoms with van der Waals surface area (Å²) >= 11 is 0. The summed E-state index contributed by atoms with van der Waals surface area (Å²) in [6, 6.07) is 10.9. The van der Waals surface area contributed by atoms with Gasteiger partial charge in [0.1, 0.15) is 5.82 Å². The third-order valence-corrected chi connectivity index (χ3v) is 7.01. The van der Waals surface area contributed by atoms with Gasteiger partial charge < -0.3 is 10.6 Å². The van der Waals surface area contributed by atoms with E-state index >= 15 is 0 Å². The zero-order valence-electron chi connectivity index (χ0n) is 16.4. The molecule has 1 amide bonds. The summed E-state index contributed by atoms with van der Waals surface area (Å²) < 4.78 is 41.4. The monoisotopic (exact) mass is 419 g/mol. The van der Waals surface area contributed by atoms with Gasteiger partial charge in [-0.15, -0.1) is 0 Å². The third kappa shape index (κ3) is 5.33. The van der Waals surface area contributed by atoms with E-state index in [-0.39, 0.29) is 17.1 Å². The quantitative estimate of drug-likeness (QED) is 0.748. The van der Waals surface area contributed by atoms with E-state index in [0.717, 1.165) is 25.7 Å². The molecule has 0 aliphatic carbocycles. The van der Waals surface area contributed by atoms with Crippen molar-refractivity contribution >= 4 is 27.3 Å². The van der Waals surface area contributed by atoms with Gasteiger partial charge in [0.05, 0.1) is 17.1 Å². The van der Waals surface area contributed by atoms with Crippen LogP contribution in [0.4, 0.5) is 15.8 Å². The first-order valence-electron chi connectivity index (χ1n) is 9.77. The Balaban J connectivity index is 1.71. The zero-order chi connectivity index (χ0) is 20.9. The molecule has 8 heteroatoms. The summed E-state index contributed by atoms with van der Waals surface area (Å²) in [6.07, 6.45) is 3.79. The molecule has 0 radical (unpaired) electrons. The molecule has 0 unspecified atom stereocenters. The average Bonchev–Trinajstić information content (AvgIpc) is 2.99. The number of aryl methyl sites for hydroxylation is 1. The van der Waals surface area contributed by atoms with Crippen molar-refractivity contribution in [2.45, 2.75) is 37.5 Å². The van der Waals surface area contributed by atoms with Crippen LogP contribution in [-0.4, -0.2) is 38.3 Å². The first-order chi connectivity index (χ1) is 13.9. The van der Waals surface area contributed by atoms with E-state index in [0.29, 0.717) is 24.3 Å². The van der Waals surface area contributed by atoms with Crippen LogP contribution in [0.5, 0.6) is 0 Å². The molecule has 1 fully saturated rings. The number of nitrogens with one attached hydrogen (secondary N) is 2. The molecule has 1 aliphatic rings. The van der Waals surface area contributed by atoms with Crippen molar-refractivity contribution in [2.24, 2.45) is 0 Å². The standard InChI is InChI=1S/C21H26FN3O3S/c1-16-10-11-17(24-21(26)15-23-19-9-5-4-8-18(19)22)14-20(16)29(27,28)25-12-6-2-3-7-13-25/h4-5,8-11,14,23H,2-3,6-7,12-13,15H2,1H3,(H,24,26). The maximum Gasteiger partial charge on any atom is 0.243 e. The maximum atomic E-state index is 13.6. The molecule has 2 aromatic rings. The fourth-order valence-electron chi connectivity index (χ4n) is 3.36. The predicted octanol–water partition coefficient (Wildman–Crippen LogP) is 3.75. The molecular weight excluding hydrogens is 393 g/mol. The average molecular weight is 420 g/mol. The van der Waals surface area contributed by atoms with Crippen molar-refractivity contribution in [1.82, 2.24) is 4.31 Å². The van der Waals surface area contributed by atoms with Gasteiger partial charge >= 0.3 is 0 Å². The Morgan fingerprint density at radius 1 is 1.07 bits per heavy atom. The van der Waals surface area contributed by atoms with Crippen LogP contribution >= 0.6 is 0 Å². The topological polar surface area (TPSA) is 78.5 Å². The molecule has 29 heavy (non-hydrogen) atoms. The van der Waals surface area contributed by atoms with Crippen molar-refractivity contribution in [1.29, 1.82) is 0 Å². The minimum Gasteiger partial charge on any atom is -0.374 e. The fraction of sp³-hybridized carbons (Fsp3) is 0.381. The number of sulfonamides is 1. The zero-order valence-corrected chi connectivity index (χ0v) is 17.3. The van der Waals surface area contributed by atoms with Gasteiger partial charge in [-0.1, -0.05) is 31.0 Å². The smallest absolute Gasteiger partial charge is 0.243 e. The second kappa shape index (κ2) is 9.37. The normalized spacial score (nSPS) is 15.5. The Kier molecular flexibility index (Phi) is 6.87. The van der Waals surface area contributed by atoms with Gasteiger partial charge in [0.2, 0.25) is 15.9 Å². The van der Waals surface area contributed by atoms with E-state index in [1.165, 1.54) is 16.4 Å². The van der Waals surface area contributed by atoms with Gasteiger partial charge in [0, 0.05) is 18.8 Å². The second-order valence-corrected chi connectivity index (χ2v) is 9.09. The Hall–Kier alpha value is -2.45. The van der Waals surface area contributed by atoms with E-state index in [4.69, 9.17) is 0 Å². The molecule has 0 saturated carbocycles. The van der Waals surface area contributed by atoms with Crippen LogP contribution in [-0.2, 0) is 14.8 Å². The Morgan fingerprint density at radius 2 is 1.76 bits per heavy atom. The fourth-order valence-corrected chi connectivity index (χ4v) is 5.13. The summed E-state index contributed by atoms with van der Waals surface area (Å²) in [5, 5.41) is 5.41. The Morgan fingerprint density at radius 3 is 2.45 bits per heavy atom. The first-order valence-corrected chi connectivity index (χ1v) is 11.2. The number of carbonyl (C=O) groups is 1. The lowest BCUT2D eigenvalue weighted by Gasteiger charge is -2.21. The lowest BCUT2D eigenvalue weighted by Crippen LogP contribution is -2.32. The highest BCUT2D eigenvalue weighted by Gasteiger charge is 2.27. The van der Waals surface area contributed by atoms with E-state index in [2.05, 4.69) is 10.6 Å². The number of carbonyl (C=O) groups excluding carboxylic acids is 1.